The predicted octanol–water partition coefficient (Wildman–Crippen LogP) is 3.23. The topological polar surface area (TPSA) is 100 Å². The SMILES string of the molecule is O=Cc1ccc(-c2ccccc2C(=O)NNC(=O)Nc2ccccc2)o1. The minimum absolute atomic E-state index is 0.163. The Bertz CT molecular complexity index is 935. The van der Waals surface area contributed by atoms with E-state index in [-0.39, 0.29) is 5.76 Å². The third-order valence-electron chi connectivity index (χ3n) is 3.50. The zero-order valence-corrected chi connectivity index (χ0v) is 13.6. The molecule has 0 atom stereocenters. The summed E-state index contributed by atoms with van der Waals surface area (Å²) in [6.45, 7) is 0. The fraction of sp³-hybridized carbons (Fsp3) is 0. The molecule has 0 saturated carbocycles. The number of aldehydes is 1. The third-order valence-corrected chi connectivity index (χ3v) is 3.50. The summed E-state index contributed by atoms with van der Waals surface area (Å²) >= 11 is 0. The van der Waals surface area contributed by atoms with Gasteiger partial charge in [0, 0.05) is 11.3 Å². The summed E-state index contributed by atoms with van der Waals surface area (Å²) < 4.78 is 5.37. The first-order valence-electron chi connectivity index (χ1n) is 7.74. The maximum absolute atomic E-state index is 12.4. The molecular weight excluding hydrogens is 334 g/mol. The van der Waals surface area contributed by atoms with Gasteiger partial charge >= 0.3 is 6.03 Å². The monoisotopic (exact) mass is 349 g/mol. The molecule has 0 fully saturated rings. The van der Waals surface area contributed by atoms with Gasteiger partial charge < -0.3 is 9.73 Å². The maximum atomic E-state index is 12.4. The molecule has 1 aromatic heterocycles. The third kappa shape index (κ3) is 3.96. The molecule has 0 aliphatic rings. The number of amides is 3. The first-order valence-corrected chi connectivity index (χ1v) is 7.74. The van der Waals surface area contributed by atoms with Crippen LogP contribution in [0.3, 0.4) is 0 Å². The minimum atomic E-state index is -0.580. The van der Waals surface area contributed by atoms with Crippen LogP contribution in [0.5, 0.6) is 0 Å². The quantitative estimate of drug-likeness (QED) is 0.497. The van der Waals surface area contributed by atoms with Gasteiger partial charge in [-0.2, -0.15) is 0 Å². The average molecular weight is 349 g/mol. The Labute approximate surface area is 149 Å². The summed E-state index contributed by atoms with van der Waals surface area (Å²) in [4.78, 5) is 35.0. The van der Waals surface area contributed by atoms with E-state index in [1.54, 1.807) is 54.6 Å². The number of hydrazine groups is 1. The summed E-state index contributed by atoms with van der Waals surface area (Å²) in [5.41, 5.74) is 6.01. The Balaban J connectivity index is 1.68. The lowest BCUT2D eigenvalue weighted by atomic mass is 10.1. The molecular formula is C19H15N3O4. The van der Waals surface area contributed by atoms with Crippen LogP contribution in [0, 0.1) is 0 Å². The van der Waals surface area contributed by atoms with E-state index in [9.17, 15) is 14.4 Å². The van der Waals surface area contributed by atoms with Crippen LogP contribution in [-0.2, 0) is 0 Å². The molecule has 0 aliphatic heterocycles. The summed E-state index contributed by atoms with van der Waals surface area (Å²) in [6.07, 6.45) is 0.585. The number of anilines is 1. The number of carbonyl (C=O) groups excluding carboxylic acids is 3. The second-order valence-corrected chi connectivity index (χ2v) is 5.26. The molecule has 7 heteroatoms. The molecule has 130 valence electrons. The van der Waals surface area contributed by atoms with Gasteiger partial charge in [-0.05, 0) is 30.3 Å². The molecule has 3 rings (SSSR count). The summed E-state index contributed by atoms with van der Waals surface area (Å²) in [5, 5.41) is 2.58. The lowest BCUT2D eigenvalue weighted by molar-refractivity contribution is 0.0938. The smallest absolute Gasteiger partial charge is 0.337 e. The first kappa shape index (κ1) is 17.0. The van der Waals surface area contributed by atoms with Crippen LogP contribution in [0.15, 0.2) is 71.1 Å². The molecule has 1 heterocycles. The van der Waals surface area contributed by atoms with Crippen molar-refractivity contribution in [2.75, 3.05) is 5.32 Å². The maximum Gasteiger partial charge on any atom is 0.337 e. The van der Waals surface area contributed by atoms with Gasteiger partial charge in [0.25, 0.3) is 5.91 Å². The standard InChI is InChI=1S/C19H15N3O4/c23-12-14-10-11-17(26-14)15-8-4-5-9-16(15)18(24)21-22-19(25)20-13-6-2-1-3-7-13/h1-12H,(H,21,24)(H2,20,22,25). The second kappa shape index (κ2) is 7.80. The van der Waals surface area contributed by atoms with Gasteiger partial charge in [-0.15, -0.1) is 0 Å². The molecule has 2 aromatic carbocycles. The van der Waals surface area contributed by atoms with Crippen molar-refractivity contribution in [1.29, 1.82) is 0 Å². The normalized spacial score (nSPS) is 10.0. The van der Waals surface area contributed by atoms with E-state index in [2.05, 4.69) is 16.2 Å². The van der Waals surface area contributed by atoms with Crippen molar-refractivity contribution in [2.24, 2.45) is 0 Å². The summed E-state index contributed by atoms with van der Waals surface area (Å²) in [5.74, 6) is 0.0232. The second-order valence-electron chi connectivity index (χ2n) is 5.26. The Hall–Kier alpha value is -3.87. The molecule has 26 heavy (non-hydrogen) atoms. The van der Waals surface area contributed by atoms with Crippen molar-refractivity contribution in [3.63, 3.8) is 0 Å². The van der Waals surface area contributed by atoms with Gasteiger partial charge in [0.1, 0.15) is 5.76 Å². The minimum Gasteiger partial charge on any atom is -0.453 e. The van der Waals surface area contributed by atoms with Gasteiger partial charge in [0.2, 0.25) is 0 Å². The van der Waals surface area contributed by atoms with Crippen molar-refractivity contribution in [3.05, 3.63) is 78.1 Å². The highest BCUT2D eigenvalue weighted by atomic mass is 16.3. The largest absolute Gasteiger partial charge is 0.453 e. The summed E-state index contributed by atoms with van der Waals surface area (Å²) in [6, 6.07) is 18.1. The van der Waals surface area contributed by atoms with Gasteiger partial charge in [-0.3, -0.25) is 15.0 Å². The number of urea groups is 1. The zero-order chi connectivity index (χ0) is 18.4. The molecule has 0 radical (unpaired) electrons. The van der Waals surface area contributed by atoms with Crippen LogP contribution in [0.25, 0.3) is 11.3 Å². The number of hydrogen-bond donors (Lipinski definition) is 3. The Morgan fingerprint density at radius 3 is 2.31 bits per heavy atom. The Kier molecular flexibility index (Phi) is 5.09. The van der Waals surface area contributed by atoms with Gasteiger partial charge in [0.05, 0.1) is 5.56 Å². The van der Waals surface area contributed by atoms with Gasteiger partial charge in [0.15, 0.2) is 12.0 Å². The van der Waals surface area contributed by atoms with E-state index >= 15 is 0 Å². The summed E-state index contributed by atoms with van der Waals surface area (Å²) in [7, 11) is 0. The lowest BCUT2D eigenvalue weighted by Crippen LogP contribution is -2.44. The fourth-order valence-corrected chi connectivity index (χ4v) is 2.32. The van der Waals surface area contributed by atoms with Gasteiger partial charge in [-0.25, -0.2) is 10.2 Å². The van der Waals surface area contributed by atoms with E-state index in [4.69, 9.17) is 4.42 Å². The molecule has 0 saturated heterocycles. The van der Waals surface area contributed by atoms with Crippen molar-refractivity contribution >= 4 is 23.9 Å². The fourth-order valence-electron chi connectivity index (χ4n) is 2.32. The van der Waals surface area contributed by atoms with Crippen molar-refractivity contribution in [1.82, 2.24) is 10.9 Å². The van der Waals surface area contributed by atoms with E-state index < -0.39 is 11.9 Å². The van der Waals surface area contributed by atoms with Crippen LogP contribution in [0.1, 0.15) is 20.9 Å². The molecule has 7 nitrogen and oxygen atoms in total. The van der Waals surface area contributed by atoms with Crippen LogP contribution in [-0.4, -0.2) is 18.2 Å². The van der Waals surface area contributed by atoms with Crippen LogP contribution >= 0.6 is 0 Å². The number of para-hydroxylation sites is 1. The number of nitrogens with one attached hydrogen (secondary N) is 3. The Morgan fingerprint density at radius 1 is 0.846 bits per heavy atom. The van der Waals surface area contributed by atoms with Crippen molar-refractivity contribution in [3.8, 4) is 11.3 Å². The Morgan fingerprint density at radius 2 is 1.58 bits per heavy atom. The van der Waals surface area contributed by atoms with E-state index in [0.29, 0.717) is 28.9 Å². The first-order chi connectivity index (χ1) is 12.7. The highest BCUT2D eigenvalue weighted by Gasteiger charge is 2.15. The molecule has 3 N–H and O–H groups in total. The highest BCUT2D eigenvalue weighted by Crippen LogP contribution is 2.25. The van der Waals surface area contributed by atoms with Crippen LogP contribution in [0.2, 0.25) is 0 Å². The number of carbonyl (C=O) groups is 3. The molecule has 0 spiro atoms. The van der Waals surface area contributed by atoms with E-state index in [0.717, 1.165) is 0 Å². The van der Waals surface area contributed by atoms with Crippen LogP contribution < -0.4 is 16.2 Å². The van der Waals surface area contributed by atoms with E-state index in [1.807, 2.05) is 6.07 Å². The van der Waals surface area contributed by atoms with Crippen molar-refractivity contribution in [2.45, 2.75) is 0 Å². The predicted molar refractivity (Wildman–Crippen MR) is 95.6 cm³/mol. The van der Waals surface area contributed by atoms with Gasteiger partial charge in [-0.1, -0.05) is 36.4 Å². The number of rotatable bonds is 4. The molecule has 0 aliphatic carbocycles. The molecule has 0 unspecified atom stereocenters. The highest BCUT2D eigenvalue weighted by molar-refractivity contribution is 6.01. The lowest BCUT2D eigenvalue weighted by Gasteiger charge is -2.11. The molecule has 3 amide bonds. The number of hydrogen-bond acceptors (Lipinski definition) is 4. The molecule has 0 bridgehead atoms. The van der Waals surface area contributed by atoms with E-state index in [1.165, 1.54) is 6.07 Å². The number of furan rings is 1. The average Bonchev–Trinajstić information content (AvgIpc) is 3.16. The van der Waals surface area contributed by atoms with Crippen molar-refractivity contribution < 1.29 is 18.8 Å². The number of benzene rings is 2. The van der Waals surface area contributed by atoms with Crippen LogP contribution in [0.4, 0.5) is 10.5 Å². The molecule has 3 aromatic rings. The zero-order valence-electron chi connectivity index (χ0n) is 13.6.